The minimum atomic E-state index is 0.197. The SMILES string of the molecule is CC(C)Oc1ccc(-c2cnccn2)cc1. The summed E-state index contributed by atoms with van der Waals surface area (Å²) < 4.78 is 5.57. The summed E-state index contributed by atoms with van der Waals surface area (Å²) in [6.07, 6.45) is 5.30. The fourth-order valence-corrected chi connectivity index (χ4v) is 1.42. The van der Waals surface area contributed by atoms with Crippen molar-refractivity contribution in [3.63, 3.8) is 0 Å². The zero-order chi connectivity index (χ0) is 11.4. The van der Waals surface area contributed by atoms with Crippen molar-refractivity contribution in [2.75, 3.05) is 0 Å². The van der Waals surface area contributed by atoms with Gasteiger partial charge in [-0.25, -0.2) is 0 Å². The molecule has 0 radical (unpaired) electrons. The lowest BCUT2D eigenvalue weighted by Gasteiger charge is -2.09. The minimum absolute atomic E-state index is 0.197. The molecule has 0 unspecified atom stereocenters. The maximum Gasteiger partial charge on any atom is 0.119 e. The Morgan fingerprint density at radius 1 is 1.06 bits per heavy atom. The van der Waals surface area contributed by atoms with E-state index in [2.05, 4.69) is 9.97 Å². The lowest BCUT2D eigenvalue weighted by atomic mass is 10.1. The van der Waals surface area contributed by atoms with Gasteiger partial charge in [0.15, 0.2) is 0 Å². The average molecular weight is 214 g/mol. The van der Waals surface area contributed by atoms with E-state index in [1.54, 1.807) is 18.6 Å². The monoisotopic (exact) mass is 214 g/mol. The van der Waals surface area contributed by atoms with Gasteiger partial charge in [0, 0.05) is 18.0 Å². The molecule has 0 fully saturated rings. The molecule has 1 aromatic carbocycles. The van der Waals surface area contributed by atoms with Crippen LogP contribution in [0.4, 0.5) is 0 Å². The van der Waals surface area contributed by atoms with Gasteiger partial charge in [0.2, 0.25) is 0 Å². The Hall–Kier alpha value is -1.90. The van der Waals surface area contributed by atoms with E-state index in [0.29, 0.717) is 0 Å². The molecule has 0 aliphatic carbocycles. The van der Waals surface area contributed by atoms with Crippen LogP contribution in [0.5, 0.6) is 5.75 Å². The van der Waals surface area contributed by atoms with Crippen LogP contribution in [0.15, 0.2) is 42.9 Å². The minimum Gasteiger partial charge on any atom is -0.491 e. The maximum absolute atomic E-state index is 5.57. The fraction of sp³-hybridized carbons (Fsp3) is 0.231. The lowest BCUT2D eigenvalue weighted by Crippen LogP contribution is -2.05. The quantitative estimate of drug-likeness (QED) is 0.788. The summed E-state index contributed by atoms with van der Waals surface area (Å²) in [6, 6.07) is 7.87. The van der Waals surface area contributed by atoms with E-state index in [-0.39, 0.29) is 6.10 Å². The first-order chi connectivity index (χ1) is 7.75. The molecular formula is C13H14N2O. The molecule has 0 aliphatic heterocycles. The molecule has 3 heteroatoms. The highest BCUT2D eigenvalue weighted by molar-refractivity contribution is 5.58. The first-order valence-electron chi connectivity index (χ1n) is 5.29. The second kappa shape index (κ2) is 4.75. The van der Waals surface area contributed by atoms with Gasteiger partial charge in [0.25, 0.3) is 0 Å². The molecule has 2 rings (SSSR count). The molecular weight excluding hydrogens is 200 g/mol. The van der Waals surface area contributed by atoms with Crippen LogP contribution in [-0.4, -0.2) is 16.1 Å². The second-order valence-electron chi connectivity index (χ2n) is 3.78. The van der Waals surface area contributed by atoms with Gasteiger partial charge in [0.1, 0.15) is 5.75 Å². The van der Waals surface area contributed by atoms with Gasteiger partial charge in [0.05, 0.1) is 18.0 Å². The number of aromatic nitrogens is 2. The number of rotatable bonds is 3. The molecule has 0 spiro atoms. The molecule has 2 aromatic rings. The topological polar surface area (TPSA) is 35.0 Å². The van der Waals surface area contributed by atoms with Crippen LogP contribution < -0.4 is 4.74 Å². The Morgan fingerprint density at radius 3 is 2.38 bits per heavy atom. The summed E-state index contributed by atoms with van der Waals surface area (Å²) in [5.74, 6) is 0.877. The van der Waals surface area contributed by atoms with Crippen LogP contribution in [0.25, 0.3) is 11.3 Å². The number of ether oxygens (including phenoxy) is 1. The maximum atomic E-state index is 5.57. The molecule has 3 nitrogen and oxygen atoms in total. The number of hydrogen-bond acceptors (Lipinski definition) is 3. The van der Waals surface area contributed by atoms with Gasteiger partial charge in [-0.1, -0.05) is 0 Å². The Morgan fingerprint density at radius 2 is 1.81 bits per heavy atom. The molecule has 1 heterocycles. The highest BCUT2D eigenvalue weighted by atomic mass is 16.5. The predicted octanol–water partition coefficient (Wildman–Crippen LogP) is 2.93. The zero-order valence-electron chi connectivity index (χ0n) is 9.42. The van der Waals surface area contributed by atoms with E-state index in [1.165, 1.54) is 0 Å². The molecule has 1 aromatic heterocycles. The van der Waals surface area contributed by atoms with E-state index in [0.717, 1.165) is 17.0 Å². The Labute approximate surface area is 95.1 Å². The molecule has 0 amide bonds. The van der Waals surface area contributed by atoms with E-state index < -0.39 is 0 Å². The molecule has 0 saturated carbocycles. The molecule has 0 atom stereocenters. The summed E-state index contributed by atoms with van der Waals surface area (Å²) in [5.41, 5.74) is 1.92. The molecule has 0 aliphatic rings. The van der Waals surface area contributed by atoms with Crippen LogP contribution in [0.1, 0.15) is 13.8 Å². The highest BCUT2D eigenvalue weighted by Crippen LogP contribution is 2.20. The van der Waals surface area contributed by atoms with Gasteiger partial charge in [-0.05, 0) is 38.1 Å². The lowest BCUT2D eigenvalue weighted by molar-refractivity contribution is 0.242. The van der Waals surface area contributed by atoms with E-state index in [9.17, 15) is 0 Å². The largest absolute Gasteiger partial charge is 0.491 e. The van der Waals surface area contributed by atoms with Crippen molar-refractivity contribution >= 4 is 0 Å². The summed E-state index contributed by atoms with van der Waals surface area (Å²) in [5, 5.41) is 0. The summed E-state index contributed by atoms with van der Waals surface area (Å²) >= 11 is 0. The number of hydrogen-bond donors (Lipinski definition) is 0. The summed E-state index contributed by atoms with van der Waals surface area (Å²) in [7, 11) is 0. The highest BCUT2D eigenvalue weighted by Gasteiger charge is 2.00. The van der Waals surface area contributed by atoms with E-state index in [1.807, 2.05) is 38.1 Å². The van der Waals surface area contributed by atoms with Crippen molar-refractivity contribution < 1.29 is 4.74 Å². The van der Waals surface area contributed by atoms with Crippen LogP contribution in [-0.2, 0) is 0 Å². The van der Waals surface area contributed by atoms with Crippen LogP contribution in [0.3, 0.4) is 0 Å². The first-order valence-corrected chi connectivity index (χ1v) is 5.29. The van der Waals surface area contributed by atoms with Crippen molar-refractivity contribution in [2.45, 2.75) is 20.0 Å². The van der Waals surface area contributed by atoms with Gasteiger partial charge >= 0.3 is 0 Å². The van der Waals surface area contributed by atoms with Crippen molar-refractivity contribution in [2.24, 2.45) is 0 Å². The zero-order valence-corrected chi connectivity index (χ0v) is 9.42. The molecule has 82 valence electrons. The third-order valence-electron chi connectivity index (χ3n) is 2.09. The van der Waals surface area contributed by atoms with Crippen molar-refractivity contribution in [3.8, 4) is 17.0 Å². The van der Waals surface area contributed by atoms with Gasteiger partial charge < -0.3 is 4.74 Å². The van der Waals surface area contributed by atoms with Gasteiger partial charge in [-0.3, -0.25) is 9.97 Å². The normalized spacial score (nSPS) is 10.4. The fourth-order valence-electron chi connectivity index (χ4n) is 1.42. The molecule has 16 heavy (non-hydrogen) atoms. The van der Waals surface area contributed by atoms with Crippen LogP contribution >= 0.6 is 0 Å². The molecule has 0 bridgehead atoms. The summed E-state index contributed by atoms with van der Waals surface area (Å²) in [6.45, 7) is 4.02. The Kier molecular flexibility index (Phi) is 3.15. The standard InChI is InChI=1S/C13H14N2O/c1-10(2)16-12-5-3-11(4-6-12)13-9-14-7-8-15-13/h3-10H,1-2H3. The van der Waals surface area contributed by atoms with Gasteiger partial charge in [-0.15, -0.1) is 0 Å². The summed E-state index contributed by atoms with van der Waals surface area (Å²) in [4.78, 5) is 8.27. The van der Waals surface area contributed by atoms with Crippen molar-refractivity contribution in [1.82, 2.24) is 9.97 Å². The third kappa shape index (κ3) is 2.57. The van der Waals surface area contributed by atoms with Crippen molar-refractivity contribution in [1.29, 1.82) is 0 Å². The first kappa shape index (κ1) is 10.6. The number of benzene rings is 1. The smallest absolute Gasteiger partial charge is 0.119 e. The third-order valence-corrected chi connectivity index (χ3v) is 2.09. The second-order valence-corrected chi connectivity index (χ2v) is 3.78. The van der Waals surface area contributed by atoms with Crippen molar-refractivity contribution in [3.05, 3.63) is 42.9 Å². The van der Waals surface area contributed by atoms with Crippen LogP contribution in [0.2, 0.25) is 0 Å². The Balaban J connectivity index is 2.20. The van der Waals surface area contributed by atoms with Gasteiger partial charge in [-0.2, -0.15) is 0 Å². The number of nitrogens with zero attached hydrogens (tertiary/aromatic N) is 2. The average Bonchev–Trinajstić information content (AvgIpc) is 2.30. The van der Waals surface area contributed by atoms with E-state index in [4.69, 9.17) is 4.74 Å². The van der Waals surface area contributed by atoms with Crippen LogP contribution in [0, 0.1) is 0 Å². The predicted molar refractivity (Wildman–Crippen MR) is 63.2 cm³/mol. The molecule has 0 saturated heterocycles. The van der Waals surface area contributed by atoms with E-state index >= 15 is 0 Å². The Bertz CT molecular complexity index is 437. The molecule has 0 N–H and O–H groups in total.